The van der Waals surface area contributed by atoms with Gasteiger partial charge >= 0.3 is 0 Å². The van der Waals surface area contributed by atoms with E-state index in [1.807, 2.05) is 42.8 Å². The molecule has 15 heavy (non-hydrogen) atoms. The van der Waals surface area contributed by atoms with Crippen molar-refractivity contribution in [2.24, 2.45) is 7.05 Å². The van der Waals surface area contributed by atoms with Crippen LogP contribution in [0.3, 0.4) is 0 Å². The molecule has 0 saturated heterocycles. The monoisotopic (exact) mass is 220 g/mol. The molecule has 0 radical (unpaired) electrons. The molecule has 0 saturated carbocycles. The molecular weight excluding hydrogens is 208 g/mol. The first-order valence-corrected chi connectivity index (χ1v) is 5.26. The van der Waals surface area contributed by atoms with Gasteiger partial charge in [0.05, 0.1) is 10.9 Å². The number of benzene rings is 1. The van der Waals surface area contributed by atoms with Gasteiger partial charge < -0.3 is 4.57 Å². The lowest BCUT2D eigenvalue weighted by Gasteiger charge is -2.10. The summed E-state index contributed by atoms with van der Waals surface area (Å²) in [5.74, 6) is 0. The SMILES string of the molecule is CCn1c(=O)c2ccccc2n(C)c1=S. The molecule has 2 rings (SSSR count). The molecule has 1 aromatic carbocycles. The quantitative estimate of drug-likeness (QED) is 0.688. The van der Waals surface area contributed by atoms with E-state index in [-0.39, 0.29) is 5.56 Å². The number of aryl methyl sites for hydroxylation is 1. The molecule has 3 nitrogen and oxygen atoms in total. The van der Waals surface area contributed by atoms with Crippen LogP contribution in [0.25, 0.3) is 10.9 Å². The predicted octanol–water partition coefficient (Wildman–Crippen LogP) is 2.09. The Balaban J connectivity index is 3.10. The fourth-order valence-corrected chi connectivity index (χ4v) is 2.05. The van der Waals surface area contributed by atoms with Crippen LogP contribution in [0.5, 0.6) is 0 Å². The van der Waals surface area contributed by atoms with Crippen LogP contribution in [0, 0.1) is 4.77 Å². The maximum Gasteiger partial charge on any atom is 0.262 e. The number of hydrogen-bond acceptors (Lipinski definition) is 2. The van der Waals surface area contributed by atoms with Gasteiger partial charge in [-0.1, -0.05) is 12.1 Å². The molecule has 0 amide bonds. The molecular formula is C11H12N2OS. The van der Waals surface area contributed by atoms with Crippen molar-refractivity contribution in [2.75, 3.05) is 0 Å². The summed E-state index contributed by atoms with van der Waals surface area (Å²) in [7, 11) is 1.89. The van der Waals surface area contributed by atoms with Crippen molar-refractivity contribution in [3.63, 3.8) is 0 Å². The van der Waals surface area contributed by atoms with E-state index in [1.165, 1.54) is 0 Å². The maximum absolute atomic E-state index is 12.0. The molecule has 2 aromatic rings. The van der Waals surface area contributed by atoms with Crippen molar-refractivity contribution in [1.82, 2.24) is 9.13 Å². The Kier molecular flexibility index (Phi) is 2.44. The molecule has 0 unspecified atom stereocenters. The highest BCUT2D eigenvalue weighted by Gasteiger charge is 2.05. The number of aromatic nitrogens is 2. The van der Waals surface area contributed by atoms with E-state index in [0.717, 1.165) is 10.9 Å². The third-order valence-corrected chi connectivity index (χ3v) is 3.07. The molecule has 1 heterocycles. The number of nitrogens with zero attached hydrogens (tertiary/aromatic N) is 2. The minimum atomic E-state index is -0.00352. The second-order valence-electron chi connectivity index (χ2n) is 3.41. The van der Waals surface area contributed by atoms with Crippen LogP contribution in [0.4, 0.5) is 0 Å². The summed E-state index contributed by atoms with van der Waals surface area (Å²) in [4.78, 5) is 12.0. The Morgan fingerprint density at radius 3 is 2.67 bits per heavy atom. The van der Waals surface area contributed by atoms with Gasteiger partial charge in [0.1, 0.15) is 0 Å². The third kappa shape index (κ3) is 1.41. The summed E-state index contributed by atoms with van der Waals surface area (Å²) >= 11 is 5.23. The van der Waals surface area contributed by atoms with Crippen LogP contribution in [0.15, 0.2) is 29.1 Å². The van der Waals surface area contributed by atoms with Gasteiger partial charge in [0.2, 0.25) is 0 Å². The van der Waals surface area contributed by atoms with Gasteiger partial charge in [-0.3, -0.25) is 9.36 Å². The highest BCUT2D eigenvalue weighted by Crippen LogP contribution is 2.08. The normalized spacial score (nSPS) is 10.8. The first kappa shape index (κ1) is 10.1. The van der Waals surface area contributed by atoms with Crippen molar-refractivity contribution in [2.45, 2.75) is 13.5 Å². The molecule has 0 fully saturated rings. The predicted molar refractivity (Wildman–Crippen MR) is 63.7 cm³/mol. The fraction of sp³-hybridized carbons (Fsp3) is 0.273. The lowest BCUT2D eigenvalue weighted by Crippen LogP contribution is -2.23. The first-order valence-electron chi connectivity index (χ1n) is 4.85. The zero-order valence-electron chi connectivity index (χ0n) is 8.73. The van der Waals surface area contributed by atoms with E-state index in [0.29, 0.717) is 11.3 Å². The minimum Gasteiger partial charge on any atom is -0.321 e. The van der Waals surface area contributed by atoms with Crippen LogP contribution >= 0.6 is 12.2 Å². The van der Waals surface area contributed by atoms with Crippen molar-refractivity contribution in [1.29, 1.82) is 0 Å². The van der Waals surface area contributed by atoms with Gasteiger partial charge in [-0.25, -0.2) is 0 Å². The van der Waals surface area contributed by atoms with E-state index in [2.05, 4.69) is 0 Å². The molecule has 1 aromatic heterocycles. The Morgan fingerprint density at radius 2 is 2.00 bits per heavy atom. The van der Waals surface area contributed by atoms with Crippen molar-refractivity contribution in [3.8, 4) is 0 Å². The van der Waals surface area contributed by atoms with Crippen molar-refractivity contribution < 1.29 is 0 Å². The molecule has 0 aliphatic heterocycles. The number of rotatable bonds is 1. The second kappa shape index (κ2) is 3.62. The minimum absolute atomic E-state index is 0.00352. The maximum atomic E-state index is 12.0. The van der Waals surface area contributed by atoms with Gasteiger partial charge in [0.15, 0.2) is 4.77 Å². The summed E-state index contributed by atoms with van der Waals surface area (Å²) in [6.07, 6.45) is 0. The summed E-state index contributed by atoms with van der Waals surface area (Å²) in [5.41, 5.74) is 0.883. The molecule has 0 N–H and O–H groups in total. The summed E-state index contributed by atoms with van der Waals surface area (Å²) < 4.78 is 4.05. The second-order valence-corrected chi connectivity index (χ2v) is 3.77. The summed E-state index contributed by atoms with van der Waals surface area (Å²) in [6, 6.07) is 7.52. The first-order chi connectivity index (χ1) is 7.16. The highest BCUT2D eigenvalue weighted by molar-refractivity contribution is 7.71. The smallest absolute Gasteiger partial charge is 0.262 e. The van der Waals surface area contributed by atoms with Crippen LogP contribution in [0.2, 0.25) is 0 Å². The van der Waals surface area contributed by atoms with Crippen molar-refractivity contribution >= 4 is 23.1 Å². The average molecular weight is 220 g/mol. The summed E-state index contributed by atoms with van der Waals surface area (Å²) in [6.45, 7) is 2.53. The Morgan fingerprint density at radius 1 is 1.33 bits per heavy atom. The van der Waals surface area contributed by atoms with Gasteiger partial charge in [-0.2, -0.15) is 0 Å². The van der Waals surface area contributed by atoms with Crippen LogP contribution in [-0.2, 0) is 13.6 Å². The van der Waals surface area contributed by atoms with Gasteiger partial charge in [0.25, 0.3) is 5.56 Å². The molecule has 0 aliphatic carbocycles. The van der Waals surface area contributed by atoms with Crippen LogP contribution in [-0.4, -0.2) is 9.13 Å². The van der Waals surface area contributed by atoms with E-state index in [4.69, 9.17) is 12.2 Å². The molecule has 0 aliphatic rings. The topological polar surface area (TPSA) is 26.9 Å². The third-order valence-electron chi connectivity index (χ3n) is 2.58. The lowest BCUT2D eigenvalue weighted by molar-refractivity contribution is 0.665. The Labute approximate surface area is 92.6 Å². The van der Waals surface area contributed by atoms with Gasteiger partial charge in [-0.15, -0.1) is 0 Å². The summed E-state index contributed by atoms with van der Waals surface area (Å²) in [5, 5.41) is 0.718. The van der Waals surface area contributed by atoms with Gasteiger partial charge in [0, 0.05) is 13.6 Å². The number of fused-ring (bicyclic) bond motifs is 1. The zero-order chi connectivity index (χ0) is 11.0. The average Bonchev–Trinajstić information content (AvgIpc) is 2.27. The molecule has 0 atom stereocenters. The van der Waals surface area contributed by atoms with E-state index >= 15 is 0 Å². The largest absolute Gasteiger partial charge is 0.321 e. The highest BCUT2D eigenvalue weighted by atomic mass is 32.1. The molecule has 0 bridgehead atoms. The standard InChI is InChI=1S/C11H12N2OS/c1-3-13-10(14)8-6-4-5-7-9(8)12(2)11(13)15/h4-7H,3H2,1-2H3. The number of para-hydroxylation sites is 1. The molecule has 0 spiro atoms. The van der Waals surface area contributed by atoms with E-state index in [1.54, 1.807) is 4.57 Å². The molecule has 78 valence electrons. The zero-order valence-corrected chi connectivity index (χ0v) is 9.54. The van der Waals surface area contributed by atoms with Gasteiger partial charge in [-0.05, 0) is 31.3 Å². The lowest BCUT2D eigenvalue weighted by atomic mass is 10.2. The van der Waals surface area contributed by atoms with Crippen LogP contribution in [0.1, 0.15) is 6.92 Å². The Bertz CT molecular complexity index is 625. The fourth-order valence-electron chi connectivity index (χ4n) is 1.74. The van der Waals surface area contributed by atoms with Crippen LogP contribution < -0.4 is 5.56 Å². The molecule has 4 heteroatoms. The Hall–Kier alpha value is -1.42. The van der Waals surface area contributed by atoms with E-state index < -0.39 is 0 Å². The number of hydrogen-bond donors (Lipinski definition) is 0. The van der Waals surface area contributed by atoms with E-state index in [9.17, 15) is 4.79 Å². The van der Waals surface area contributed by atoms with Crippen molar-refractivity contribution in [3.05, 3.63) is 39.4 Å².